The Morgan fingerprint density at radius 3 is 2.65 bits per heavy atom. The molecule has 0 radical (unpaired) electrons. The van der Waals surface area contributed by atoms with Crippen LogP contribution in [-0.4, -0.2) is 10.9 Å². The Hall–Kier alpha value is -2.53. The first-order valence-corrected chi connectivity index (χ1v) is 8.12. The molecule has 0 spiro atoms. The van der Waals surface area contributed by atoms with Gasteiger partial charge in [0.25, 0.3) is 0 Å². The molecule has 3 rings (SSSR count). The lowest BCUT2D eigenvalue weighted by molar-refractivity contribution is -0.116. The monoisotopic (exact) mass is 326 g/mol. The van der Waals surface area contributed by atoms with Crippen LogP contribution in [0.5, 0.6) is 0 Å². The van der Waals surface area contributed by atoms with Crippen molar-refractivity contribution in [2.45, 2.75) is 12.8 Å². The van der Waals surface area contributed by atoms with Gasteiger partial charge < -0.3 is 5.32 Å². The first-order valence-electron chi connectivity index (χ1n) is 7.24. The van der Waals surface area contributed by atoms with Crippen molar-refractivity contribution < 1.29 is 9.18 Å². The third kappa shape index (κ3) is 4.02. The molecule has 0 aliphatic rings. The number of nitrogens with one attached hydrogen (secondary N) is 1. The van der Waals surface area contributed by atoms with Crippen LogP contribution in [-0.2, 0) is 11.2 Å². The van der Waals surface area contributed by atoms with E-state index in [2.05, 4.69) is 10.3 Å². The highest BCUT2D eigenvalue weighted by atomic mass is 32.1. The van der Waals surface area contributed by atoms with Gasteiger partial charge in [0.1, 0.15) is 5.82 Å². The number of anilines is 1. The molecule has 1 aromatic heterocycles. The van der Waals surface area contributed by atoms with Crippen molar-refractivity contribution in [3.8, 4) is 11.1 Å². The van der Waals surface area contributed by atoms with E-state index < -0.39 is 5.82 Å². The van der Waals surface area contributed by atoms with Crippen molar-refractivity contribution in [3.05, 3.63) is 70.9 Å². The van der Waals surface area contributed by atoms with E-state index in [-0.39, 0.29) is 11.6 Å². The summed E-state index contributed by atoms with van der Waals surface area (Å²) in [7, 11) is 0. The van der Waals surface area contributed by atoms with Crippen LogP contribution in [0.15, 0.2) is 60.2 Å². The maximum atomic E-state index is 14.2. The highest BCUT2D eigenvalue weighted by Crippen LogP contribution is 2.24. The van der Waals surface area contributed by atoms with Gasteiger partial charge in [-0.05, 0) is 29.7 Å². The molecule has 0 fully saturated rings. The molecule has 0 saturated carbocycles. The van der Waals surface area contributed by atoms with Crippen molar-refractivity contribution in [2.24, 2.45) is 0 Å². The molecule has 0 unspecified atom stereocenters. The second-order valence-corrected chi connectivity index (χ2v) is 6.05. The van der Waals surface area contributed by atoms with Gasteiger partial charge in [-0.2, -0.15) is 0 Å². The third-order valence-corrected chi connectivity index (χ3v) is 4.27. The summed E-state index contributed by atoms with van der Waals surface area (Å²) < 4.78 is 14.2. The van der Waals surface area contributed by atoms with Gasteiger partial charge in [0.05, 0.1) is 11.2 Å². The molecule has 1 amide bonds. The fourth-order valence-electron chi connectivity index (χ4n) is 2.24. The smallest absolute Gasteiger partial charge is 0.224 e. The van der Waals surface area contributed by atoms with Crippen LogP contribution in [0.3, 0.4) is 0 Å². The molecule has 0 atom stereocenters. The second kappa shape index (κ2) is 7.15. The number of carbonyl (C=O) groups excluding carboxylic acids is 1. The number of hydrogen-bond donors (Lipinski definition) is 1. The lowest BCUT2D eigenvalue weighted by Crippen LogP contribution is -2.13. The van der Waals surface area contributed by atoms with Crippen LogP contribution in [0.4, 0.5) is 10.1 Å². The number of hydrogen-bond acceptors (Lipinski definition) is 3. The molecular formula is C18H15FN2OS. The van der Waals surface area contributed by atoms with E-state index in [1.54, 1.807) is 23.8 Å². The third-order valence-electron chi connectivity index (χ3n) is 3.43. The summed E-state index contributed by atoms with van der Waals surface area (Å²) in [5, 5.41) is 2.62. The molecule has 0 aliphatic carbocycles. The van der Waals surface area contributed by atoms with E-state index in [0.717, 1.165) is 16.0 Å². The number of aromatic nitrogens is 1. The van der Waals surface area contributed by atoms with Gasteiger partial charge in [0.2, 0.25) is 5.91 Å². The summed E-state index contributed by atoms with van der Waals surface area (Å²) in [4.78, 5) is 16.9. The van der Waals surface area contributed by atoms with Crippen LogP contribution in [0, 0.1) is 5.82 Å². The molecule has 23 heavy (non-hydrogen) atoms. The van der Waals surface area contributed by atoms with Crippen molar-refractivity contribution in [1.82, 2.24) is 4.98 Å². The van der Waals surface area contributed by atoms with Crippen LogP contribution in [0.25, 0.3) is 11.1 Å². The number of amides is 1. The zero-order chi connectivity index (χ0) is 16.1. The normalized spacial score (nSPS) is 10.5. The summed E-state index contributed by atoms with van der Waals surface area (Å²) >= 11 is 1.51. The number of benzene rings is 2. The van der Waals surface area contributed by atoms with Crippen LogP contribution >= 0.6 is 11.3 Å². The van der Waals surface area contributed by atoms with E-state index in [4.69, 9.17) is 0 Å². The maximum Gasteiger partial charge on any atom is 0.224 e. The van der Waals surface area contributed by atoms with Crippen molar-refractivity contribution in [1.29, 1.82) is 0 Å². The topological polar surface area (TPSA) is 42.0 Å². The molecule has 1 heterocycles. The van der Waals surface area contributed by atoms with Crippen LogP contribution in [0.2, 0.25) is 0 Å². The molecule has 3 aromatic rings. The van der Waals surface area contributed by atoms with Crippen molar-refractivity contribution >= 4 is 22.9 Å². The fourth-order valence-corrected chi connectivity index (χ4v) is 2.84. The van der Waals surface area contributed by atoms with Gasteiger partial charge in [0.15, 0.2) is 0 Å². The molecular weight excluding hydrogens is 311 g/mol. The molecule has 0 saturated heterocycles. The molecule has 2 aromatic carbocycles. The van der Waals surface area contributed by atoms with Gasteiger partial charge in [-0.1, -0.05) is 36.4 Å². The Balaban J connectivity index is 1.65. The summed E-state index contributed by atoms with van der Waals surface area (Å²) in [6, 6.07) is 14.4. The SMILES string of the molecule is O=C(CCc1cncs1)Nc1ccc(-c2ccccc2)cc1F. The number of halogens is 1. The van der Waals surface area contributed by atoms with Crippen molar-refractivity contribution in [3.63, 3.8) is 0 Å². The van der Waals surface area contributed by atoms with Crippen LogP contribution < -0.4 is 5.32 Å². The van der Waals surface area contributed by atoms with Gasteiger partial charge in [-0.3, -0.25) is 9.78 Å². The highest BCUT2D eigenvalue weighted by molar-refractivity contribution is 7.09. The van der Waals surface area contributed by atoms with Gasteiger partial charge in [-0.15, -0.1) is 11.3 Å². The minimum atomic E-state index is -0.433. The van der Waals surface area contributed by atoms with E-state index in [1.807, 2.05) is 30.3 Å². The Morgan fingerprint density at radius 2 is 1.96 bits per heavy atom. The molecule has 116 valence electrons. The lowest BCUT2D eigenvalue weighted by Gasteiger charge is -2.08. The summed E-state index contributed by atoms with van der Waals surface area (Å²) in [6.45, 7) is 0. The molecule has 3 nitrogen and oxygen atoms in total. The van der Waals surface area contributed by atoms with Crippen LogP contribution in [0.1, 0.15) is 11.3 Å². The first kappa shape index (κ1) is 15.4. The minimum absolute atomic E-state index is 0.204. The Morgan fingerprint density at radius 1 is 1.13 bits per heavy atom. The first-order chi connectivity index (χ1) is 11.2. The fraction of sp³-hybridized carbons (Fsp3) is 0.111. The molecule has 0 aliphatic heterocycles. The zero-order valence-electron chi connectivity index (χ0n) is 12.3. The van der Waals surface area contributed by atoms with Gasteiger partial charge in [0, 0.05) is 17.5 Å². The maximum absolute atomic E-state index is 14.2. The Kier molecular flexibility index (Phi) is 4.78. The van der Waals surface area contributed by atoms with Gasteiger partial charge >= 0.3 is 0 Å². The number of thiazole rings is 1. The van der Waals surface area contributed by atoms with E-state index in [0.29, 0.717) is 12.8 Å². The second-order valence-electron chi connectivity index (χ2n) is 5.08. The number of rotatable bonds is 5. The van der Waals surface area contributed by atoms with E-state index >= 15 is 0 Å². The average molecular weight is 326 g/mol. The largest absolute Gasteiger partial charge is 0.324 e. The summed E-state index contributed by atoms with van der Waals surface area (Å²) in [6.07, 6.45) is 2.66. The number of nitrogens with zero attached hydrogens (tertiary/aromatic N) is 1. The Bertz CT molecular complexity index is 788. The number of carbonyl (C=O) groups is 1. The quantitative estimate of drug-likeness (QED) is 0.749. The highest BCUT2D eigenvalue weighted by Gasteiger charge is 2.09. The summed E-state index contributed by atoms with van der Waals surface area (Å²) in [5.74, 6) is -0.637. The predicted octanol–water partition coefficient (Wildman–Crippen LogP) is 4.52. The lowest BCUT2D eigenvalue weighted by atomic mass is 10.1. The van der Waals surface area contributed by atoms with E-state index in [9.17, 15) is 9.18 Å². The predicted molar refractivity (Wildman–Crippen MR) is 90.9 cm³/mol. The number of aryl methyl sites for hydroxylation is 1. The molecule has 5 heteroatoms. The average Bonchev–Trinajstić information content (AvgIpc) is 3.09. The Labute approximate surface area is 137 Å². The zero-order valence-corrected chi connectivity index (χ0v) is 13.1. The van der Waals surface area contributed by atoms with E-state index in [1.165, 1.54) is 17.4 Å². The summed E-state index contributed by atoms with van der Waals surface area (Å²) in [5.41, 5.74) is 3.66. The minimum Gasteiger partial charge on any atom is -0.324 e. The van der Waals surface area contributed by atoms with Crippen molar-refractivity contribution in [2.75, 3.05) is 5.32 Å². The van der Waals surface area contributed by atoms with Gasteiger partial charge in [-0.25, -0.2) is 4.39 Å². The molecule has 0 bridgehead atoms. The standard InChI is InChI=1S/C18H15FN2OS/c19-16-10-14(13-4-2-1-3-5-13)6-8-17(16)21-18(22)9-7-15-11-20-12-23-15/h1-6,8,10-12H,7,9H2,(H,21,22). The molecule has 1 N–H and O–H groups in total.